The molecular weight excluding hydrogens is 485 g/mol. The average Bonchev–Trinajstić information content (AvgIpc) is 3.38. The quantitative estimate of drug-likeness (QED) is 0.314. The van der Waals surface area contributed by atoms with Crippen molar-refractivity contribution in [2.75, 3.05) is 37.9 Å². The van der Waals surface area contributed by atoms with Gasteiger partial charge in [0.15, 0.2) is 16.3 Å². The van der Waals surface area contributed by atoms with Gasteiger partial charge in [0.25, 0.3) is 0 Å². The lowest BCUT2D eigenvalue weighted by atomic mass is 9.97. The van der Waals surface area contributed by atoms with Crippen LogP contribution in [-0.4, -0.2) is 68.0 Å². The predicted octanol–water partition coefficient (Wildman–Crippen LogP) is 2.70. The highest BCUT2D eigenvalue weighted by atomic mass is 32.2. The van der Waals surface area contributed by atoms with Gasteiger partial charge in [-0.2, -0.15) is 9.97 Å². The number of anilines is 1. The third-order valence-corrected chi connectivity index (χ3v) is 7.18. The minimum atomic E-state index is -2.35. The molecule has 3 rings (SSSR count). The van der Waals surface area contributed by atoms with Gasteiger partial charge < -0.3 is 20.3 Å². The Labute approximate surface area is 202 Å². The number of aliphatic hydroxyl groups is 1. The number of imidazole rings is 1. The van der Waals surface area contributed by atoms with Crippen molar-refractivity contribution in [3.05, 3.63) is 6.33 Å². The Hall–Kier alpha value is -1.89. The van der Waals surface area contributed by atoms with Gasteiger partial charge in [-0.15, -0.1) is 9.05 Å². The van der Waals surface area contributed by atoms with Crippen molar-refractivity contribution in [1.29, 1.82) is 0 Å². The van der Waals surface area contributed by atoms with Crippen LogP contribution in [0.2, 0.25) is 0 Å². The first kappa shape index (κ1) is 26.7. The number of hydrogen-bond donors (Lipinski definition) is 2. The second kappa shape index (κ2) is 11.7. The standard InChI is InChI=1S/C20H31N5O7PS/c1-5-29-16-14-15(23-19(21)24-16)25(11-22-14)17-12(2)8-13(32-17)9-31-33(28)30-6-7-34-18(27)20(3,4)10-26/h11-13,17,26H,5-10H2,1-4H3,(H2,21,23,24)/q+1. The monoisotopic (exact) mass is 516 g/mol. The number of fused-ring (bicyclic) bond motifs is 1. The van der Waals surface area contributed by atoms with Crippen LogP contribution in [-0.2, 0) is 23.1 Å². The smallest absolute Gasteiger partial charge is 0.476 e. The second-order valence-corrected chi connectivity index (χ2v) is 10.6. The summed E-state index contributed by atoms with van der Waals surface area (Å²) in [7, 11) is -2.35. The van der Waals surface area contributed by atoms with E-state index in [2.05, 4.69) is 15.0 Å². The van der Waals surface area contributed by atoms with Crippen LogP contribution in [0.25, 0.3) is 11.2 Å². The lowest BCUT2D eigenvalue weighted by Gasteiger charge is -2.18. The van der Waals surface area contributed by atoms with E-state index in [1.165, 1.54) is 0 Å². The van der Waals surface area contributed by atoms with Gasteiger partial charge in [0, 0.05) is 16.2 Å². The summed E-state index contributed by atoms with van der Waals surface area (Å²) in [6.45, 7) is 7.56. The molecule has 14 heteroatoms. The molecule has 0 saturated carbocycles. The zero-order valence-electron chi connectivity index (χ0n) is 19.7. The molecule has 1 aliphatic rings. The van der Waals surface area contributed by atoms with Crippen molar-refractivity contribution in [3.8, 4) is 5.88 Å². The molecule has 0 aliphatic carbocycles. The Morgan fingerprint density at radius 3 is 2.88 bits per heavy atom. The number of carbonyl (C=O) groups is 1. The molecule has 0 bridgehead atoms. The molecule has 188 valence electrons. The molecule has 2 aromatic rings. The number of ether oxygens (including phenoxy) is 2. The first-order valence-corrected chi connectivity index (χ1v) is 13.0. The van der Waals surface area contributed by atoms with Gasteiger partial charge in [-0.25, -0.2) is 4.98 Å². The number of aromatic nitrogens is 4. The third-order valence-electron chi connectivity index (χ3n) is 5.24. The molecule has 0 amide bonds. The Morgan fingerprint density at radius 2 is 2.18 bits per heavy atom. The van der Waals surface area contributed by atoms with Crippen LogP contribution in [0.15, 0.2) is 6.33 Å². The summed E-state index contributed by atoms with van der Waals surface area (Å²) >= 11 is 1.03. The van der Waals surface area contributed by atoms with Crippen molar-refractivity contribution in [1.82, 2.24) is 19.5 Å². The zero-order valence-corrected chi connectivity index (χ0v) is 21.4. The fraction of sp³-hybridized carbons (Fsp3) is 0.700. The highest BCUT2D eigenvalue weighted by molar-refractivity contribution is 8.13. The highest BCUT2D eigenvalue weighted by Gasteiger charge is 2.37. The number of carbonyl (C=O) groups excluding carboxylic acids is 1. The lowest BCUT2D eigenvalue weighted by molar-refractivity contribution is -0.119. The number of hydrogen-bond acceptors (Lipinski definition) is 12. The van der Waals surface area contributed by atoms with E-state index >= 15 is 0 Å². The van der Waals surface area contributed by atoms with E-state index < -0.39 is 13.7 Å². The number of thioether (sulfide) groups is 1. The van der Waals surface area contributed by atoms with Crippen LogP contribution in [0, 0.1) is 11.3 Å². The van der Waals surface area contributed by atoms with Crippen LogP contribution >= 0.6 is 20.0 Å². The maximum atomic E-state index is 12.1. The maximum Gasteiger partial charge on any atom is 0.697 e. The molecule has 12 nitrogen and oxygen atoms in total. The Balaban J connectivity index is 1.49. The molecule has 1 saturated heterocycles. The number of nitrogen functional groups attached to an aromatic ring is 1. The Morgan fingerprint density at radius 1 is 1.41 bits per heavy atom. The van der Waals surface area contributed by atoms with Gasteiger partial charge in [-0.1, -0.05) is 18.7 Å². The van der Waals surface area contributed by atoms with E-state index in [-0.39, 0.29) is 49.1 Å². The number of aliphatic hydroxyl groups excluding tert-OH is 1. The first-order valence-electron chi connectivity index (χ1n) is 11.0. The number of nitrogens with two attached hydrogens (primary N) is 1. The molecule has 4 unspecified atom stereocenters. The predicted molar refractivity (Wildman–Crippen MR) is 126 cm³/mol. The molecule has 1 aliphatic heterocycles. The lowest BCUT2D eigenvalue weighted by Crippen LogP contribution is -2.26. The first-order chi connectivity index (χ1) is 16.2. The van der Waals surface area contributed by atoms with E-state index in [1.807, 2.05) is 13.8 Å². The summed E-state index contributed by atoms with van der Waals surface area (Å²) in [6.07, 6.45) is 1.63. The Kier molecular flexibility index (Phi) is 9.19. The van der Waals surface area contributed by atoms with E-state index in [4.69, 9.17) is 24.3 Å². The van der Waals surface area contributed by atoms with Gasteiger partial charge >= 0.3 is 8.25 Å². The molecule has 0 aromatic carbocycles. The summed E-state index contributed by atoms with van der Waals surface area (Å²) in [6, 6.07) is 0. The van der Waals surface area contributed by atoms with Crippen LogP contribution < -0.4 is 10.5 Å². The number of rotatable bonds is 12. The van der Waals surface area contributed by atoms with E-state index in [0.717, 1.165) is 11.8 Å². The molecule has 2 aromatic heterocycles. The summed E-state index contributed by atoms with van der Waals surface area (Å²) < 4.78 is 36.0. The van der Waals surface area contributed by atoms with Crippen molar-refractivity contribution >= 4 is 42.2 Å². The van der Waals surface area contributed by atoms with Crippen LogP contribution in [0.4, 0.5) is 5.95 Å². The molecule has 3 heterocycles. The van der Waals surface area contributed by atoms with Crippen LogP contribution in [0.3, 0.4) is 0 Å². The second-order valence-electron chi connectivity index (χ2n) is 8.54. The molecule has 0 radical (unpaired) electrons. The van der Waals surface area contributed by atoms with E-state index in [0.29, 0.717) is 35.8 Å². The number of nitrogens with zero attached hydrogens (tertiary/aromatic N) is 4. The maximum absolute atomic E-state index is 12.1. The fourth-order valence-corrected chi connectivity index (χ4v) is 4.92. The highest BCUT2D eigenvalue weighted by Crippen LogP contribution is 2.38. The van der Waals surface area contributed by atoms with E-state index in [9.17, 15) is 14.5 Å². The van der Waals surface area contributed by atoms with Gasteiger partial charge in [-0.3, -0.25) is 9.36 Å². The summed E-state index contributed by atoms with van der Waals surface area (Å²) in [5.41, 5.74) is 6.03. The molecular formula is C20H31N5O7PS+. The third kappa shape index (κ3) is 6.41. The topological polar surface area (TPSA) is 161 Å². The van der Waals surface area contributed by atoms with Crippen LogP contribution in [0.1, 0.15) is 40.3 Å². The van der Waals surface area contributed by atoms with Crippen LogP contribution in [0.5, 0.6) is 5.88 Å². The van der Waals surface area contributed by atoms with Gasteiger partial charge in [0.2, 0.25) is 11.8 Å². The minimum Gasteiger partial charge on any atom is -0.476 e. The minimum absolute atomic E-state index is 0.0807. The fourth-order valence-electron chi connectivity index (χ4n) is 3.38. The molecule has 4 atom stereocenters. The summed E-state index contributed by atoms with van der Waals surface area (Å²) in [4.78, 5) is 24.7. The van der Waals surface area contributed by atoms with Gasteiger partial charge in [0.1, 0.15) is 19.4 Å². The molecule has 0 spiro atoms. The molecule has 3 N–H and O–H groups in total. The SMILES string of the molecule is CCOc1nc(N)nc2c1ncn2C1OC(CO[P+](=O)OCCSC(=O)C(C)(C)CO)CC1C. The van der Waals surface area contributed by atoms with E-state index in [1.54, 1.807) is 24.7 Å². The molecule has 1 fully saturated rings. The van der Waals surface area contributed by atoms with Gasteiger partial charge in [-0.05, 0) is 27.2 Å². The Bertz CT molecular complexity index is 1020. The molecule has 34 heavy (non-hydrogen) atoms. The van der Waals surface area contributed by atoms with Crippen molar-refractivity contribution in [2.45, 2.75) is 46.4 Å². The normalized spacial score (nSPS) is 21.2. The largest absolute Gasteiger partial charge is 0.697 e. The van der Waals surface area contributed by atoms with Crippen molar-refractivity contribution < 1.29 is 33.0 Å². The van der Waals surface area contributed by atoms with Crippen molar-refractivity contribution in [3.63, 3.8) is 0 Å². The average molecular weight is 517 g/mol. The summed E-state index contributed by atoms with van der Waals surface area (Å²) in [5.74, 6) is 0.822. The zero-order chi connectivity index (χ0) is 24.9. The van der Waals surface area contributed by atoms with Gasteiger partial charge in [0.05, 0.1) is 31.1 Å². The summed E-state index contributed by atoms with van der Waals surface area (Å²) in [5, 5.41) is 9.06. The van der Waals surface area contributed by atoms with Crippen molar-refractivity contribution in [2.24, 2.45) is 11.3 Å².